The highest BCUT2D eigenvalue weighted by molar-refractivity contribution is 9.10. The van der Waals surface area contributed by atoms with E-state index in [1.165, 1.54) is 11.6 Å². The summed E-state index contributed by atoms with van der Waals surface area (Å²) in [6.07, 6.45) is 0.952. The third-order valence-electron chi connectivity index (χ3n) is 3.79. The van der Waals surface area contributed by atoms with E-state index in [1.54, 1.807) is 6.07 Å². The van der Waals surface area contributed by atoms with Gasteiger partial charge in [0.2, 0.25) is 0 Å². The standard InChI is InChI=1S/C18H21BrFN/c1-3-15(13-8-6-5-7-9-13)18(21-4-2)16-12-14(19)10-11-17(16)20/h5-12,15,18,21H,3-4H2,1-2H3. The van der Waals surface area contributed by atoms with Crippen LogP contribution in [0.2, 0.25) is 0 Å². The lowest BCUT2D eigenvalue weighted by Crippen LogP contribution is -2.27. The minimum Gasteiger partial charge on any atom is -0.310 e. The molecular weight excluding hydrogens is 329 g/mol. The molecule has 0 aliphatic rings. The number of likely N-dealkylation sites (N-methyl/N-ethyl adjacent to an activating group) is 1. The first-order chi connectivity index (χ1) is 10.2. The van der Waals surface area contributed by atoms with E-state index in [2.05, 4.69) is 47.2 Å². The van der Waals surface area contributed by atoms with Gasteiger partial charge in [0, 0.05) is 22.0 Å². The van der Waals surface area contributed by atoms with E-state index in [9.17, 15) is 4.39 Å². The molecule has 0 saturated heterocycles. The van der Waals surface area contributed by atoms with Crippen molar-refractivity contribution in [3.63, 3.8) is 0 Å². The first kappa shape index (κ1) is 16.2. The summed E-state index contributed by atoms with van der Waals surface area (Å²) in [5, 5.41) is 3.46. The van der Waals surface area contributed by atoms with Gasteiger partial charge in [-0.15, -0.1) is 0 Å². The maximum Gasteiger partial charge on any atom is 0.128 e. The Morgan fingerprint density at radius 1 is 1.10 bits per heavy atom. The van der Waals surface area contributed by atoms with Gasteiger partial charge in [-0.1, -0.05) is 60.1 Å². The molecule has 0 fully saturated rings. The van der Waals surface area contributed by atoms with Gasteiger partial charge in [-0.3, -0.25) is 0 Å². The molecule has 112 valence electrons. The molecule has 2 atom stereocenters. The number of hydrogen-bond donors (Lipinski definition) is 1. The zero-order chi connectivity index (χ0) is 15.2. The molecule has 0 saturated carbocycles. The first-order valence-electron chi connectivity index (χ1n) is 7.40. The predicted molar refractivity (Wildman–Crippen MR) is 90.0 cm³/mol. The van der Waals surface area contributed by atoms with E-state index in [4.69, 9.17) is 0 Å². The van der Waals surface area contributed by atoms with E-state index in [1.807, 2.05) is 24.3 Å². The Hall–Kier alpha value is -1.19. The smallest absolute Gasteiger partial charge is 0.128 e. The molecular formula is C18H21BrFN. The Kier molecular flexibility index (Phi) is 5.95. The molecule has 3 heteroatoms. The molecule has 2 rings (SSSR count). The van der Waals surface area contributed by atoms with E-state index >= 15 is 0 Å². The molecule has 0 heterocycles. The van der Waals surface area contributed by atoms with Crippen molar-refractivity contribution in [1.82, 2.24) is 5.32 Å². The Balaban J connectivity index is 2.43. The van der Waals surface area contributed by atoms with E-state index < -0.39 is 0 Å². The average Bonchev–Trinajstić information content (AvgIpc) is 2.51. The van der Waals surface area contributed by atoms with Crippen LogP contribution in [0.4, 0.5) is 4.39 Å². The molecule has 2 aromatic carbocycles. The molecule has 2 unspecified atom stereocenters. The van der Waals surface area contributed by atoms with Crippen molar-refractivity contribution in [1.29, 1.82) is 0 Å². The molecule has 1 nitrogen and oxygen atoms in total. The molecule has 0 aromatic heterocycles. The first-order valence-corrected chi connectivity index (χ1v) is 8.20. The zero-order valence-electron chi connectivity index (χ0n) is 12.4. The van der Waals surface area contributed by atoms with Gasteiger partial charge in [-0.2, -0.15) is 0 Å². The maximum atomic E-state index is 14.3. The van der Waals surface area contributed by atoms with Gasteiger partial charge in [0.1, 0.15) is 5.82 Å². The zero-order valence-corrected chi connectivity index (χ0v) is 14.0. The summed E-state index contributed by atoms with van der Waals surface area (Å²) in [7, 11) is 0. The second kappa shape index (κ2) is 7.71. The Labute approximate surface area is 134 Å². The fourth-order valence-corrected chi connectivity index (χ4v) is 3.18. The topological polar surface area (TPSA) is 12.0 Å². The second-order valence-corrected chi connectivity index (χ2v) is 6.04. The largest absolute Gasteiger partial charge is 0.310 e. The predicted octanol–water partition coefficient (Wildman–Crippen LogP) is 5.43. The van der Waals surface area contributed by atoms with Crippen LogP contribution in [-0.2, 0) is 0 Å². The van der Waals surface area contributed by atoms with Crippen molar-refractivity contribution in [3.05, 3.63) is 69.9 Å². The fourth-order valence-electron chi connectivity index (χ4n) is 2.81. The highest BCUT2D eigenvalue weighted by atomic mass is 79.9. The van der Waals surface area contributed by atoms with Crippen LogP contribution in [0, 0.1) is 5.82 Å². The summed E-state index contributed by atoms with van der Waals surface area (Å²) in [6.45, 7) is 5.01. The highest BCUT2D eigenvalue weighted by Gasteiger charge is 2.25. The van der Waals surface area contributed by atoms with Crippen LogP contribution in [-0.4, -0.2) is 6.54 Å². The van der Waals surface area contributed by atoms with Crippen molar-refractivity contribution in [3.8, 4) is 0 Å². The number of rotatable bonds is 6. The molecule has 0 aliphatic carbocycles. The lowest BCUT2D eigenvalue weighted by Gasteiger charge is -2.28. The summed E-state index contributed by atoms with van der Waals surface area (Å²) in [5.41, 5.74) is 1.97. The van der Waals surface area contributed by atoms with Crippen molar-refractivity contribution in [2.45, 2.75) is 32.2 Å². The molecule has 0 aliphatic heterocycles. The van der Waals surface area contributed by atoms with Crippen molar-refractivity contribution in [2.24, 2.45) is 0 Å². The maximum absolute atomic E-state index is 14.3. The van der Waals surface area contributed by atoms with Gasteiger partial charge in [0.15, 0.2) is 0 Å². The van der Waals surface area contributed by atoms with Crippen LogP contribution >= 0.6 is 15.9 Å². The molecule has 21 heavy (non-hydrogen) atoms. The third kappa shape index (κ3) is 3.92. The fraction of sp³-hybridized carbons (Fsp3) is 0.333. The normalized spacial score (nSPS) is 13.9. The van der Waals surface area contributed by atoms with Crippen LogP contribution < -0.4 is 5.32 Å². The average molecular weight is 350 g/mol. The van der Waals surface area contributed by atoms with Gasteiger partial charge in [-0.05, 0) is 36.7 Å². The molecule has 0 spiro atoms. The number of hydrogen-bond acceptors (Lipinski definition) is 1. The van der Waals surface area contributed by atoms with E-state index in [0.717, 1.165) is 23.0 Å². The van der Waals surface area contributed by atoms with Gasteiger partial charge < -0.3 is 5.32 Å². The minimum absolute atomic E-state index is 0.0279. The summed E-state index contributed by atoms with van der Waals surface area (Å²) in [6, 6.07) is 15.5. The van der Waals surface area contributed by atoms with Crippen LogP contribution in [0.15, 0.2) is 53.0 Å². The lowest BCUT2D eigenvalue weighted by molar-refractivity contribution is 0.427. The van der Waals surface area contributed by atoms with E-state index in [0.29, 0.717) is 0 Å². The minimum atomic E-state index is -0.154. The second-order valence-electron chi connectivity index (χ2n) is 5.13. The van der Waals surface area contributed by atoms with Crippen molar-refractivity contribution >= 4 is 15.9 Å². The number of benzene rings is 2. The van der Waals surface area contributed by atoms with Crippen LogP contribution in [0.5, 0.6) is 0 Å². The molecule has 1 N–H and O–H groups in total. The summed E-state index contributed by atoms with van der Waals surface area (Å²) in [4.78, 5) is 0. The summed E-state index contributed by atoms with van der Waals surface area (Å²) in [5.74, 6) is 0.0912. The molecule has 2 aromatic rings. The van der Waals surface area contributed by atoms with Crippen LogP contribution in [0.3, 0.4) is 0 Å². The van der Waals surface area contributed by atoms with Gasteiger partial charge in [0.05, 0.1) is 0 Å². The van der Waals surface area contributed by atoms with Gasteiger partial charge in [0.25, 0.3) is 0 Å². The highest BCUT2D eigenvalue weighted by Crippen LogP contribution is 2.35. The van der Waals surface area contributed by atoms with Crippen LogP contribution in [0.25, 0.3) is 0 Å². The monoisotopic (exact) mass is 349 g/mol. The lowest BCUT2D eigenvalue weighted by atomic mass is 9.85. The third-order valence-corrected chi connectivity index (χ3v) is 4.28. The molecule has 0 amide bonds. The van der Waals surface area contributed by atoms with Crippen LogP contribution in [0.1, 0.15) is 43.4 Å². The Morgan fingerprint density at radius 2 is 1.81 bits per heavy atom. The molecule has 0 radical (unpaired) electrons. The Bertz CT molecular complexity index is 571. The Morgan fingerprint density at radius 3 is 2.43 bits per heavy atom. The van der Waals surface area contributed by atoms with Crippen molar-refractivity contribution < 1.29 is 4.39 Å². The van der Waals surface area contributed by atoms with Crippen molar-refractivity contribution in [2.75, 3.05) is 6.54 Å². The SMILES string of the molecule is CCNC(c1cc(Br)ccc1F)C(CC)c1ccccc1. The quantitative estimate of drug-likeness (QED) is 0.732. The van der Waals surface area contributed by atoms with Gasteiger partial charge >= 0.3 is 0 Å². The summed E-state index contributed by atoms with van der Waals surface area (Å²) >= 11 is 3.45. The number of nitrogens with one attached hydrogen (secondary N) is 1. The number of halogens is 2. The van der Waals surface area contributed by atoms with Gasteiger partial charge in [-0.25, -0.2) is 4.39 Å². The summed E-state index contributed by atoms with van der Waals surface area (Å²) < 4.78 is 15.2. The van der Waals surface area contributed by atoms with E-state index in [-0.39, 0.29) is 17.8 Å². The molecule has 0 bridgehead atoms.